The SMILES string of the molecule is CCO[Si](OCC)(OCC)C(CC)C(=S)C(CC)[Si](OCC)(OCC)OCC. The monoisotopic (exact) mass is 454 g/mol. The molecule has 0 amide bonds. The Bertz CT molecular complexity index is 357. The number of thiocarbonyl (C=S) groups is 1. The third-order valence-corrected chi connectivity index (χ3v) is 12.7. The summed E-state index contributed by atoms with van der Waals surface area (Å²) in [5, 5.41) is 0. The molecule has 0 bridgehead atoms. The maximum atomic E-state index is 6.17. The zero-order chi connectivity index (χ0) is 21.6. The van der Waals surface area contributed by atoms with E-state index in [2.05, 4.69) is 13.8 Å². The van der Waals surface area contributed by atoms with Crippen LogP contribution in [-0.2, 0) is 26.6 Å². The summed E-state index contributed by atoms with van der Waals surface area (Å²) >= 11 is 6.07. The van der Waals surface area contributed by atoms with Crippen LogP contribution in [0.5, 0.6) is 0 Å². The van der Waals surface area contributed by atoms with Gasteiger partial charge in [-0.1, -0.05) is 26.1 Å². The van der Waals surface area contributed by atoms with Crippen molar-refractivity contribution in [2.24, 2.45) is 0 Å². The van der Waals surface area contributed by atoms with Gasteiger partial charge in [-0.15, -0.1) is 0 Å². The fraction of sp³-hybridized carbons (Fsp3) is 0.947. The highest BCUT2D eigenvalue weighted by atomic mass is 32.1. The molecule has 6 nitrogen and oxygen atoms in total. The van der Waals surface area contributed by atoms with E-state index in [0.29, 0.717) is 39.6 Å². The van der Waals surface area contributed by atoms with Gasteiger partial charge in [-0.2, -0.15) is 0 Å². The van der Waals surface area contributed by atoms with Crippen molar-refractivity contribution in [2.45, 2.75) is 79.3 Å². The molecule has 168 valence electrons. The van der Waals surface area contributed by atoms with E-state index in [1.54, 1.807) is 0 Å². The van der Waals surface area contributed by atoms with E-state index >= 15 is 0 Å². The minimum atomic E-state index is -3.00. The first-order chi connectivity index (χ1) is 13.4. The summed E-state index contributed by atoms with van der Waals surface area (Å²) in [6.45, 7) is 19.1. The minimum Gasteiger partial charge on any atom is -0.373 e. The third kappa shape index (κ3) is 7.21. The van der Waals surface area contributed by atoms with E-state index in [4.69, 9.17) is 38.8 Å². The summed E-state index contributed by atoms with van der Waals surface area (Å²) in [6.07, 6.45) is 1.55. The molecule has 9 heteroatoms. The van der Waals surface area contributed by atoms with Crippen LogP contribution in [0, 0.1) is 0 Å². The third-order valence-electron chi connectivity index (χ3n) is 4.43. The molecule has 0 aromatic rings. The zero-order valence-electron chi connectivity index (χ0n) is 19.2. The molecule has 0 aliphatic heterocycles. The number of hydrogen-bond donors (Lipinski definition) is 0. The first-order valence-corrected chi connectivity index (χ1v) is 14.8. The predicted octanol–water partition coefficient (Wildman–Crippen LogP) is 5.01. The van der Waals surface area contributed by atoms with E-state index in [9.17, 15) is 0 Å². The molecule has 0 aromatic carbocycles. The molecule has 0 heterocycles. The maximum absolute atomic E-state index is 6.17. The lowest BCUT2D eigenvalue weighted by Crippen LogP contribution is -2.57. The highest BCUT2D eigenvalue weighted by Crippen LogP contribution is 2.41. The average molecular weight is 455 g/mol. The van der Waals surface area contributed by atoms with Crippen molar-refractivity contribution in [3.05, 3.63) is 0 Å². The standard InChI is InChI=1S/C19H42O6SSi2/c1-9-17(27(20-11-3,21-12-4)22-13-5)19(26)18(10-2)28(23-14-6,24-15-7)25-16-8/h17-18H,9-16H2,1-8H3. The molecular formula is C19H42O6SSi2. The molecule has 0 radical (unpaired) electrons. The molecule has 0 aromatic heterocycles. The van der Waals surface area contributed by atoms with E-state index in [-0.39, 0.29) is 11.1 Å². The summed E-state index contributed by atoms with van der Waals surface area (Å²) in [5.41, 5.74) is -0.221. The Labute approximate surface area is 180 Å². The summed E-state index contributed by atoms with van der Waals surface area (Å²) in [4.78, 5) is 0.842. The smallest absolute Gasteiger partial charge is 0.373 e. The van der Waals surface area contributed by atoms with Gasteiger partial charge in [0.1, 0.15) is 0 Å². The molecule has 0 aliphatic rings. The van der Waals surface area contributed by atoms with Gasteiger partial charge in [-0.25, -0.2) is 0 Å². The lowest BCUT2D eigenvalue weighted by atomic mass is 10.1. The minimum absolute atomic E-state index is 0.111. The van der Waals surface area contributed by atoms with Gasteiger partial charge >= 0.3 is 17.6 Å². The highest BCUT2D eigenvalue weighted by molar-refractivity contribution is 7.81. The van der Waals surface area contributed by atoms with Gasteiger partial charge in [0.05, 0.1) is 11.1 Å². The Kier molecular flexibility index (Phi) is 15.3. The molecule has 2 atom stereocenters. The van der Waals surface area contributed by atoms with Gasteiger partial charge in [-0.3, -0.25) is 0 Å². The van der Waals surface area contributed by atoms with Crippen LogP contribution in [0.25, 0.3) is 0 Å². The van der Waals surface area contributed by atoms with Crippen molar-refractivity contribution >= 4 is 34.7 Å². The summed E-state index contributed by atoms with van der Waals surface area (Å²) in [6, 6.07) is 0. The second kappa shape index (κ2) is 15.1. The molecule has 0 rings (SSSR count). The molecule has 2 unspecified atom stereocenters. The van der Waals surface area contributed by atoms with Crippen molar-refractivity contribution in [1.82, 2.24) is 0 Å². The van der Waals surface area contributed by atoms with E-state index in [1.165, 1.54) is 0 Å². The van der Waals surface area contributed by atoms with Crippen molar-refractivity contribution in [2.75, 3.05) is 39.6 Å². The Morgan fingerprint density at radius 2 is 0.750 bits per heavy atom. The second-order valence-corrected chi connectivity index (χ2v) is 12.1. The molecule has 0 aliphatic carbocycles. The van der Waals surface area contributed by atoms with Crippen molar-refractivity contribution in [3.63, 3.8) is 0 Å². The first-order valence-electron chi connectivity index (χ1n) is 10.8. The Balaban J connectivity index is 6.16. The van der Waals surface area contributed by atoms with Crippen LogP contribution in [-0.4, -0.2) is 62.1 Å². The van der Waals surface area contributed by atoms with Gasteiger partial charge in [0.25, 0.3) is 0 Å². The van der Waals surface area contributed by atoms with Gasteiger partial charge in [0, 0.05) is 44.5 Å². The quantitative estimate of drug-likeness (QED) is 0.213. The van der Waals surface area contributed by atoms with Crippen LogP contribution in [0.1, 0.15) is 68.2 Å². The van der Waals surface area contributed by atoms with Crippen LogP contribution in [0.15, 0.2) is 0 Å². The molecule has 0 N–H and O–H groups in total. The van der Waals surface area contributed by atoms with E-state index < -0.39 is 17.6 Å². The normalized spacial score (nSPS) is 14.9. The molecule has 0 saturated heterocycles. The predicted molar refractivity (Wildman–Crippen MR) is 122 cm³/mol. The summed E-state index contributed by atoms with van der Waals surface area (Å²) in [7, 11) is -6.00. The lowest BCUT2D eigenvalue weighted by Gasteiger charge is -2.40. The molecule has 28 heavy (non-hydrogen) atoms. The van der Waals surface area contributed by atoms with Gasteiger partial charge in [0.15, 0.2) is 0 Å². The largest absolute Gasteiger partial charge is 0.509 e. The Morgan fingerprint density at radius 1 is 0.536 bits per heavy atom. The first kappa shape index (κ1) is 28.3. The number of hydrogen-bond acceptors (Lipinski definition) is 7. The molecular weight excluding hydrogens is 412 g/mol. The molecule has 0 spiro atoms. The Hall–Kier alpha value is 0.284. The van der Waals surface area contributed by atoms with Crippen molar-refractivity contribution < 1.29 is 26.6 Å². The Morgan fingerprint density at radius 3 is 0.893 bits per heavy atom. The fourth-order valence-electron chi connectivity index (χ4n) is 3.55. The maximum Gasteiger partial charge on any atom is 0.509 e. The number of rotatable bonds is 18. The fourth-order valence-corrected chi connectivity index (χ4v) is 11.1. The van der Waals surface area contributed by atoms with Crippen molar-refractivity contribution in [1.29, 1.82) is 0 Å². The van der Waals surface area contributed by atoms with E-state index in [0.717, 1.165) is 17.7 Å². The van der Waals surface area contributed by atoms with E-state index in [1.807, 2.05) is 41.5 Å². The van der Waals surface area contributed by atoms with Gasteiger partial charge in [0.2, 0.25) is 0 Å². The van der Waals surface area contributed by atoms with Gasteiger partial charge < -0.3 is 26.6 Å². The van der Waals surface area contributed by atoms with Crippen LogP contribution in [0.2, 0.25) is 11.1 Å². The summed E-state index contributed by atoms with van der Waals surface area (Å²) < 4.78 is 37.0. The zero-order valence-corrected chi connectivity index (χ0v) is 22.0. The summed E-state index contributed by atoms with van der Waals surface area (Å²) in [5.74, 6) is 0. The molecule has 0 saturated carbocycles. The lowest BCUT2D eigenvalue weighted by molar-refractivity contribution is 0.0629. The van der Waals surface area contributed by atoms with Crippen LogP contribution in [0.3, 0.4) is 0 Å². The average Bonchev–Trinajstić information content (AvgIpc) is 2.64. The van der Waals surface area contributed by atoms with Crippen molar-refractivity contribution in [3.8, 4) is 0 Å². The topological polar surface area (TPSA) is 55.4 Å². The van der Waals surface area contributed by atoms with Crippen LogP contribution in [0.4, 0.5) is 0 Å². The van der Waals surface area contributed by atoms with Crippen LogP contribution >= 0.6 is 12.2 Å². The molecule has 0 fully saturated rings. The van der Waals surface area contributed by atoms with Gasteiger partial charge in [-0.05, 0) is 54.4 Å². The second-order valence-electron chi connectivity index (χ2n) is 6.13. The van der Waals surface area contributed by atoms with Crippen LogP contribution < -0.4 is 0 Å². The highest BCUT2D eigenvalue weighted by Gasteiger charge is 2.57.